The maximum absolute atomic E-state index is 12.7. The lowest BCUT2D eigenvalue weighted by Crippen LogP contribution is -2.19. The molecule has 0 aliphatic heterocycles. The lowest BCUT2D eigenvalue weighted by molar-refractivity contribution is -0.0389. The number of allylic oxidation sites excluding steroid dienone is 1. The van der Waals surface area contributed by atoms with Crippen LogP contribution >= 0.6 is 0 Å². The summed E-state index contributed by atoms with van der Waals surface area (Å²) in [5.74, 6) is -2.14. The van der Waals surface area contributed by atoms with Gasteiger partial charge in [0.15, 0.2) is 0 Å². The van der Waals surface area contributed by atoms with Crippen LogP contribution in [0.2, 0.25) is 0 Å². The molecule has 0 saturated heterocycles. The van der Waals surface area contributed by atoms with Gasteiger partial charge < -0.3 is 10.8 Å². The average Bonchev–Trinajstić information content (AvgIpc) is 1.94. The number of aliphatic hydroxyl groups is 1. The first-order chi connectivity index (χ1) is 5.14. The van der Waals surface area contributed by atoms with Gasteiger partial charge in [-0.05, 0) is 19.0 Å². The lowest BCUT2D eigenvalue weighted by atomic mass is 10.0. The van der Waals surface area contributed by atoms with Crippen molar-refractivity contribution in [2.24, 2.45) is 5.73 Å². The summed E-state index contributed by atoms with van der Waals surface area (Å²) in [7, 11) is 0. The van der Waals surface area contributed by atoms with Crippen LogP contribution < -0.4 is 5.73 Å². The standard InChI is InChI=1S/C8H12FNO/c9-8(11)4-1-7(2-5-8)3-6-10/h1-2,4,11H,3,5-6,10H2. The van der Waals surface area contributed by atoms with Gasteiger partial charge in [-0.1, -0.05) is 17.7 Å². The molecule has 62 valence electrons. The third kappa shape index (κ3) is 2.44. The first kappa shape index (κ1) is 8.43. The molecule has 1 aliphatic rings. The highest BCUT2D eigenvalue weighted by atomic mass is 19.2. The van der Waals surface area contributed by atoms with E-state index in [0.29, 0.717) is 6.54 Å². The lowest BCUT2D eigenvalue weighted by Gasteiger charge is -2.16. The van der Waals surface area contributed by atoms with Crippen LogP contribution in [0, 0.1) is 0 Å². The zero-order chi connectivity index (χ0) is 8.32. The minimum absolute atomic E-state index is 0.0405. The summed E-state index contributed by atoms with van der Waals surface area (Å²) in [6.07, 6.45) is 5.20. The first-order valence-corrected chi connectivity index (χ1v) is 3.64. The van der Waals surface area contributed by atoms with E-state index in [0.717, 1.165) is 18.1 Å². The van der Waals surface area contributed by atoms with Crippen LogP contribution in [0.1, 0.15) is 12.8 Å². The largest absolute Gasteiger partial charge is 0.358 e. The Bertz CT molecular complexity index is 196. The predicted molar refractivity (Wildman–Crippen MR) is 41.6 cm³/mol. The maximum Gasteiger partial charge on any atom is 0.229 e. The van der Waals surface area contributed by atoms with E-state index in [1.165, 1.54) is 0 Å². The average molecular weight is 157 g/mol. The Morgan fingerprint density at radius 2 is 2.45 bits per heavy atom. The second kappa shape index (κ2) is 3.15. The van der Waals surface area contributed by atoms with Crippen molar-refractivity contribution in [1.82, 2.24) is 0 Å². The van der Waals surface area contributed by atoms with Crippen LogP contribution in [0.4, 0.5) is 4.39 Å². The Hall–Kier alpha value is -0.670. The number of halogens is 1. The van der Waals surface area contributed by atoms with Crippen molar-refractivity contribution in [2.75, 3.05) is 6.54 Å². The molecule has 2 nitrogen and oxygen atoms in total. The van der Waals surface area contributed by atoms with Crippen LogP contribution in [0.3, 0.4) is 0 Å². The quantitative estimate of drug-likeness (QED) is 0.625. The second-order valence-corrected chi connectivity index (χ2v) is 2.67. The van der Waals surface area contributed by atoms with Crippen LogP contribution in [0.5, 0.6) is 0 Å². The summed E-state index contributed by atoms with van der Waals surface area (Å²) in [6, 6.07) is 0. The first-order valence-electron chi connectivity index (χ1n) is 3.64. The normalized spacial score (nSPS) is 30.3. The number of hydrogen-bond donors (Lipinski definition) is 2. The van der Waals surface area contributed by atoms with Gasteiger partial charge in [-0.2, -0.15) is 0 Å². The molecule has 0 heterocycles. The van der Waals surface area contributed by atoms with E-state index in [-0.39, 0.29) is 6.42 Å². The van der Waals surface area contributed by atoms with Gasteiger partial charge in [0.25, 0.3) is 0 Å². The van der Waals surface area contributed by atoms with E-state index in [4.69, 9.17) is 10.8 Å². The molecule has 3 heteroatoms. The van der Waals surface area contributed by atoms with Gasteiger partial charge in [-0.25, -0.2) is 4.39 Å². The summed E-state index contributed by atoms with van der Waals surface area (Å²) in [5.41, 5.74) is 6.29. The topological polar surface area (TPSA) is 46.2 Å². The second-order valence-electron chi connectivity index (χ2n) is 2.67. The number of nitrogens with two attached hydrogens (primary N) is 1. The minimum atomic E-state index is -2.14. The van der Waals surface area contributed by atoms with Gasteiger partial charge in [0.2, 0.25) is 5.85 Å². The summed E-state index contributed by atoms with van der Waals surface area (Å²) in [4.78, 5) is 0. The number of hydrogen-bond acceptors (Lipinski definition) is 2. The molecule has 1 unspecified atom stereocenters. The Labute approximate surface area is 65.2 Å². The SMILES string of the molecule is NCCC1=CCC(O)(F)C=C1. The summed E-state index contributed by atoms with van der Waals surface area (Å²) in [6.45, 7) is 0.556. The van der Waals surface area contributed by atoms with E-state index in [1.54, 1.807) is 12.2 Å². The molecule has 1 atom stereocenters. The molecule has 0 aromatic heterocycles. The van der Waals surface area contributed by atoms with Crippen LogP contribution in [-0.2, 0) is 0 Å². The van der Waals surface area contributed by atoms with Gasteiger partial charge >= 0.3 is 0 Å². The molecule has 0 aromatic carbocycles. The summed E-state index contributed by atoms with van der Waals surface area (Å²) < 4.78 is 12.7. The number of alkyl halides is 1. The highest BCUT2D eigenvalue weighted by molar-refractivity contribution is 5.25. The molecule has 0 amide bonds. The van der Waals surface area contributed by atoms with Crippen molar-refractivity contribution in [3.05, 3.63) is 23.8 Å². The Morgan fingerprint density at radius 3 is 2.91 bits per heavy atom. The molecule has 0 saturated carbocycles. The zero-order valence-electron chi connectivity index (χ0n) is 6.26. The molecule has 0 aromatic rings. The Kier molecular flexibility index (Phi) is 2.42. The van der Waals surface area contributed by atoms with Gasteiger partial charge in [0.05, 0.1) is 0 Å². The van der Waals surface area contributed by atoms with Crippen LogP contribution in [0.25, 0.3) is 0 Å². The highest BCUT2D eigenvalue weighted by Crippen LogP contribution is 2.22. The molecule has 0 bridgehead atoms. The smallest absolute Gasteiger partial charge is 0.229 e. The molecule has 0 radical (unpaired) electrons. The van der Waals surface area contributed by atoms with Crippen molar-refractivity contribution >= 4 is 0 Å². The molecule has 0 spiro atoms. The molecule has 0 fully saturated rings. The monoisotopic (exact) mass is 157 g/mol. The summed E-state index contributed by atoms with van der Waals surface area (Å²) >= 11 is 0. The molecular formula is C8H12FNO. The van der Waals surface area contributed by atoms with E-state index < -0.39 is 5.85 Å². The third-order valence-electron chi connectivity index (χ3n) is 1.64. The molecule has 1 rings (SSSR count). The Morgan fingerprint density at radius 1 is 1.73 bits per heavy atom. The van der Waals surface area contributed by atoms with Gasteiger partial charge in [0, 0.05) is 6.42 Å². The van der Waals surface area contributed by atoms with Gasteiger partial charge in [-0.3, -0.25) is 0 Å². The fraction of sp³-hybridized carbons (Fsp3) is 0.500. The number of rotatable bonds is 2. The maximum atomic E-state index is 12.7. The fourth-order valence-electron chi connectivity index (χ4n) is 0.997. The zero-order valence-corrected chi connectivity index (χ0v) is 6.26. The fourth-order valence-corrected chi connectivity index (χ4v) is 0.997. The van der Waals surface area contributed by atoms with E-state index >= 15 is 0 Å². The predicted octanol–water partition coefficient (Wildman–Crippen LogP) is 0.880. The van der Waals surface area contributed by atoms with Gasteiger partial charge in [0.1, 0.15) is 0 Å². The van der Waals surface area contributed by atoms with Crippen molar-refractivity contribution in [3.8, 4) is 0 Å². The van der Waals surface area contributed by atoms with E-state index in [9.17, 15) is 4.39 Å². The molecule has 1 aliphatic carbocycles. The van der Waals surface area contributed by atoms with Crippen LogP contribution in [0.15, 0.2) is 23.8 Å². The highest BCUT2D eigenvalue weighted by Gasteiger charge is 2.22. The van der Waals surface area contributed by atoms with Crippen molar-refractivity contribution in [1.29, 1.82) is 0 Å². The molecule has 11 heavy (non-hydrogen) atoms. The van der Waals surface area contributed by atoms with Gasteiger partial charge in [-0.15, -0.1) is 0 Å². The van der Waals surface area contributed by atoms with Crippen LogP contribution in [-0.4, -0.2) is 17.5 Å². The molecular weight excluding hydrogens is 145 g/mol. The molecule has 3 N–H and O–H groups in total. The summed E-state index contributed by atoms with van der Waals surface area (Å²) in [5, 5.41) is 8.83. The third-order valence-corrected chi connectivity index (χ3v) is 1.64. The van der Waals surface area contributed by atoms with Crippen molar-refractivity contribution < 1.29 is 9.50 Å². The van der Waals surface area contributed by atoms with E-state index in [1.807, 2.05) is 0 Å². The van der Waals surface area contributed by atoms with Crippen molar-refractivity contribution in [3.63, 3.8) is 0 Å². The van der Waals surface area contributed by atoms with E-state index in [2.05, 4.69) is 0 Å². The Balaban J connectivity index is 2.53. The van der Waals surface area contributed by atoms with Crippen molar-refractivity contribution in [2.45, 2.75) is 18.7 Å². The minimum Gasteiger partial charge on any atom is -0.358 e.